The standard InChI is InChI=1S/C20H21FN2OS2/c1-3-11-23-17-9-6-15(21)13-18(17)26-20(23)22-19(24)10-12-25-16-7-4-14(2)5-8-16/h4-9,13H,3,10-12H2,1-2H3. The molecule has 0 fully saturated rings. The summed E-state index contributed by atoms with van der Waals surface area (Å²) in [5, 5.41) is 0. The van der Waals surface area contributed by atoms with E-state index in [1.165, 1.54) is 29.0 Å². The molecule has 3 rings (SSSR count). The predicted octanol–water partition coefficient (Wildman–Crippen LogP) is 5.17. The maximum absolute atomic E-state index is 13.5. The van der Waals surface area contributed by atoms with Crippen molar-refractivity contribution < 1.29 is 9.18 Å². The number of aromatic nitrogens is 1. The van der Waals surface area contributed by atoms with Crippen molar-refractivity contribution in [1.82, 2.24) is 4.57 Å². The number of halogens is 1. The molecule has 6 heteroatoms. The number of rotatable bonds is 6. The lowest BCUT2D eigenvalue weighted by Gasteiger charge is -2.02. The van der Waals surface area contributed by atoms with E-state index < -0.39 is 0 Å². The first-order valence-electron chi connectivity index (χ1n) is 8.62. The Morgan fingerprint density at radius 2 is 2.00 bits per heavy atom. The molecular weight excluding hydrogens is 367 g/mol. The topological polar surface area (TPSA) is 34.4 Å². The number of amides is 1. The number of carbonyl (C=O) groups excluding carboxylic acids is 1. The fourth-order valence-electron chi connectivity index (χ4n) is 2.63. The molecule has 2 aromatic carbocycles. The van der Waals surface area contributed by atoms with Crippen LogP contribution in [0.15, 0.2) is 52.4 Å². The number of carbonyl (C=O) groups is 1. The first-order chi connectivity index (χ1) is 12.6. The molecule has 3 nitrogen and oxygen atoms in total. The molecule has 0 unspecified atom stereocenters. The van der Waals surface area contributed by atoms with Crippen LogP contribution in [0, 0.1) is 12.7 Å². The smallest absolute Gasteiger partial charge is 0.249 e. The van der Waals surface area contributed by atoms with Crippen molar-refractivity contribution in [1.29, 1.82) is 0 Å². The molecule has 0 aliphatic rings. The van der Waals surface area contributed by atoms with E-state index >= 15 is 0 Å². The maximum Gasteiger partial charge on any atom is 0.249 e. The van der Waals surface area contributed by atoms with Crippen molar-refractivity contribution in [3.63, 3.8) is 0 Å². The van der Waals surface area contributed by atoms with Gasteiger partial charge in [0.15, 0.2) is 4.80 Å². The zero-order valence-corrected chi connectivity index (χ0v) is 16.5. The van der Waals surface area contributed by atoms with E-state index in [4.69, 9.17) is 0 Å². The molecule has 3 aromatic rings. The molecule has 1 heterocycles. The number of thioether (sulfide) groups is 1. The lowest BCUT2D eigenvalue weighted by Crippen LogP contribution is -2.16. The average molecular weight is 389 g/mol. The van der Waals surface area contributed by atoms with Gasteiger partial charge in [-0.25, -0.2) is 4.39 Å². The lowest BCUT2D eigenvalue weighted by atomic mass is 10.2. The SMILES string of the molecule is CCCn1c(=NC(=O)CCSc2ccc(C)cc2)sc2cc(F)ccc21. The summed E-state index contributed by atoms with van der Waals surface area (Å²) >= 11 is 3.02. The highest BCUT2D eigenvalue weighted by atomic mass is 32.2. The molecule has 0 spiro atoms. The fourth-order valence-corrected chi connectivity index (χ4v) is 4.56. The molecule has 26 heavy (non-hydrogen) atoms. The van der Waals surface area contributed by atoms with Gasteiger partial charge in [0.05, 0.1) is 10.2 Å². The Morgan fingerprint density at radius 1 is 1.23 bits per heavy atom. The van der Waals surface area contributed by atoms with E-state index in [1.807, 2.05) is 4.57 Å². The summed E-state index contributed by atoms with van der Waals surface area (Å²) in [5.41, 5.74) is 2.15. The van der Waals surface area contributed by atoms with E-state index in [-0.39, 0.29) is 11.7 Å². The summed E-state index contributed by atoms with van der Waals surface area (Å²) in [7, 11) is 0. The van der Waals surface area contributed by atoms with Gasteiger partial charge in [-0.1, -0.05) is 36.0 Å². The summed E-state index contributed by atoms with van der Waals surface area (Å²) < 4.78 is 16.3. The summed E-state index contributed by atoms with van der Waals surface area (Å²) in [6, 6.07) is 13.0. The molecule has 1 amide bonds. The Hall–Kier alpha value is -1.92. The highest BCUT2D eigenvalue weighted by molar-refractivity contribution is 7.99. The van der Waals surface area contributed by atoms with Gasteiger partial charge in [-0.05, 0) is 43.7 Å². The minimum Gasteiger partial charge on any atom is -0.316 e. The second kappa shape index (κ2) is 8.64. The molecule has 0 saturated heterocycles. The first-order valence-corrected chi connectivity index (χ1v) is 10.4. The van der Waals surface area contributed by atoms with Crippen LogP contribution in [0.5, 0.6) is 0 Å². The number of fused-ring (bicyclic) bond motifs is 1. The number of hydrogen-bond acceptors (Lipinski definition) is 3. The zero-order chi connectivity index (χ0) is 18.5. The lowest BCUT2D eigenvalue weighted by molar-refractivity contribution is -0.117. The summed E-state index contributed by atoms with van der Waals surface area (Å²) in [4.78, 5) is 18.4. The largest absolute Gasteiger partial charge is 0.316 e. The minimum atomic E-state index is -0.269. The predicted molar refractivity (Wildman–Crippen MR) is 107 cm³/mol. The second-order valence-electron chi connectivity index (χ2n) is 6.07. The van der Waals surface area contributed by atoms with Crippen LogP contribution in [-0.4, -0.2) is 16.2 Å². The number of thiazole rings is 1. The number of aryl methyl sites for hydroxylation is 2. The fraction of sp³-hybridized carbons (Fsp3) is 0.300. The van der Waals surface area contributed by atoms with E-state index in [2.05, 4.69) is 43.1 Å². The molecule has 1 aromatic heterocycles. The van der Waals surface area contributed by atoms with Crippen molar-refractivity contribution in [2.75, 3.05) is 5.75 Å². The number of hydrogen-bond donors (Lipinski definition) is 0. The molecule has 0 saturated carbocycles. The van der Waals surface area contributed by atoms with E-state index in [0.717, 1.165) is 28.1 Å². The Labute approximate surface area is 160 Å². The average Bonchev–Trinajstić information content (AvgIpc) is 2.93. The highest BCUT2D eigenvalue weighted by Gasteiger charge is 2.08. The Bertz CT molecular complexity index is 974. The summed E-state index contributed by atoms with van der Waals surface area (Å²) in [6.45, 7) is 4.89. The van der Waals surface area contributed by atoms with Gasteiger partial charge in [0.25, 0.3) is 0 Å². The van der Waals surface area contributed by atoms with Crippen LogP contribution in [-0.2, 0) is 11.3 Å². The van der Waals surface area contributed by atoms with Crippen LogP contribution >= 0.6 is 23.1 Å². The van der Waals surface area contributed by atoms with Crippen LogP contribution in [0.1, 0.15) is 25.3 Å². The molecule has 0 radical (unpaired) electrons. The minimum absolute atomic E-state index is 0.138. The van der Waals surface area contributed by atoms with Gasteiger partial charge in [0, 0.05) is 23.6 Å². The third-order valence-corrected chi connectivity index (χ3v) is 5.97. The van der Waals surface area contributed by atoms with Crippen LogP contribution in [0.3, 0.4) is 0 Å². The van der Waals surface area contributed by atoms with Crippen molar-refractivity contribution >= 4 is 39.2 Å². The molecule has 0 bridgehead atoms. The zero-order valence-electron chi connectivity index (χ0n) is 14.9. The molecule has 136 valence electrons. The van der Waals surface area contributed by atoms with Gasteiger partial charge < -0.3 is 4.57 Å². The van der Waals surface area contributed by atoms with Crippen LogP contribution in [0.25, 0.3) is 10.2 Å². The van der Waals surface area contributed by atoms with E-state index in [1.54, 1.807) is 17.8 Å². The molecule has 0 atom stereocenters. The van der Waals surface area contributed by atoms with Crippen LogP contribution in [0.4, 0.5) is 4.39 Å². The van der Waals surface area contributed by atoms with Crippen LogP contribution in [0.2, 0.25) is 0 Å². The summed E-state index contributed by atoms with van der Waals surface area (Å²) in [5.74, 6) is 0.287. The van der Waals surface area contributed by atoms with Gasteiger partial charge in [0.2, 0.25) is 5.91 Å². The molecule has 0 N–H and O–H groups in total. The highest BCUT2D eigenvalue weighted by Crippen LogP contribution is 2.20. The normalized spacial score (nSPS) is 12.0. The van der Waals surface area contributed by atoms with Gasteiger partial charge in [-0.2, -0.15) is 4.99 Å². The Kier molecular flexibility index (Phi) is 6.27. The Balaban J connectivity index is 1.74. The van der Waals surface area contributed by atoms with Crippen LogP contribution < -0.4 is 4.80 Å². The Morgan fingerprint density at radius 3 is 2.73 bits per heavy atom. The summed E-state index contributed by atoms with van der Waals surface area (Å²) in [6.07, 6.45) is 1.31. The van der Waals surface area contributed by atoms with E-state index in [0.29, 0.717) is 17.0 Å². The van der Waals surface area contributed by atoms with Crippen molar-refractivity contribution in [3.05, 3.63) is 58.6 Å². The van der Waals surface area contributed by atoms with E-state index in [9.17, 15) is 9.18 Å². The van der Waals surface area contributed by atoms with Gasteiger partial charge in [0.1, 0.15) is 5.82 Å². The maximum atomic E-state index is 13.5. The van der Waals surface area contributed by atoms with Gasteiger partial charge in [-0.15, -0.1) is 11.8 Å². The first kappa shape index (κ1) is 18.9. The third-order valence-electron chi connectivity index (χ3n) is 3.92. The van der Waals surface area contributed by atoms with Crippen molar-refractivity contribution in [3.8, 4) is 0 Å². The third kappa shape index (κ3) is 4.62. The monoisotopic (exact) mass is 388 g/mol. The van der Waals surface area contributed by atoms with Gasteiger partial charge >= 0.3 is 0 Å². The van der Waals surface area contributed by atoms with Gasteiger partial charge in [-0.3, -0.25) is 4.79 Å². The second-order valence-corrected chi connectivity index (χ2v) is 8.24. The van der Waals surface area contributed by atoms with Crippen molar-refractivity contribution in [2.24, 2.45) is 4.99 Å². The number of benzene rings is 2. The molecule has 0 aliphatic heterocycles. The molecule has 0 aliphatic carbocycles. The quantitative estimate of drug-likeness (QED) is 0.546. The molecular formula is C20H21FN2OS2. The van der Waals surface area contributed by atoms with Crippen molar-refractivity contribution in [2.45, 2.75) is 38.1 Å². The number of nitrogens with zero attached hydrogens (tertiary/aromatic N) is 2.